The highest BCUT2D eigenvalue weighted by Gasteiger charge is 2.38. The van der Waals surface area contributed by atoms with Gasteiger partial charge in [0.15, 0.2) is 5.69 Å². The van der Waals surface area contributed by atoms with E-state index < -0.39 is 23.1 Å². The molecule has 0 aliphatic rings. The molecule has 0 saturated heterocycles. The quantitative estimate of drug-likeness (QED) is 0.463. The Kier molecular flexibility index (Phi) is 6.69. The smallest absolute Gasteiger partial charge is 0.417 e. The van der Waals surface area contributed by atoms with E-state index in [4.69, 9.17) is 9.47 Å². The van der Waals surface area contributed by atoms with E-state index in [2.05, 4.69) is 11.6 Å². The van der Waals surface area contributed by atoms with Gasteiger partial charge < -0.3 is 14.0 Å². The Morgan fingerprint density at radius 1 is 1.23 bits per heavy atom. The number of ether oxygens (including phenoxy) is 2. The molecule has 30 heavy (non-hydrogen) atoms. The minimum Gasteiger partial charge on any atom is -0.494 e. The maximum atomic E-state index is 14.0. The molecule has 1 aromatic heterocycles. The number of carbonyl (C=O) groups excluding carboxylic acids is 1. The van der Waals surface area contributed by atoms with Gasteiger partial charge in [0, 0.05) is 23.2 Å². The van der Waals surface area contributed by atoms with Crippen LogP contribution in [0.4, 0.5) is 13.2 Å². The third kappa shape index (κ3) is 4.68. The van der Waals surface area contributed by atoms with Crippen molar-refractivity contribution in [3.8, 4) is 0 Å². The summed E-state index contributed by atoms with van der Waals surface area (Å²) in [5.74, 6) is -0.186. The summed E-state index contributed by atoms with van der Waals surface area (Å²) in [5.41, 5.74) is -0.869. The summed E-state index contributed by atoms with van der Waals surface area (Å²) in [6.45, 7) is 12.7. The Morgan fingerprint density at radius 3 is 2.37 bits per heavy atom. The Bertz CT molecular complexity index is 954. The third-order valence-corrected chi connectivity index (χ3v) is 4.65. The molecule has 0 aliphatic carbocycles. The van der Waals surface area contributed by atoms with Crippen molar-refractivity contribution in [3.05, 3.63) is 58.7 Å². The van der Waals surface area contributed by atoms with Gasteiger partial charge in [-0.3, -0.25) is 0 Å². The standard InChI is InChI=1S/C22H27F3N2O3/c1-8-30-14(3)16-11-9-10-15(17(16)22(23,24)25)12-27-13(2)18(19(28)29-7)26-20(27)21(4,5)6/h9-11H,3,8,12H2,1-2,4-7H3. The third-order valence-electron chi connectivity index (χ3n) is 4.65. The first-order chi connectivity index (χ1) is 13.8. The summed E-state index contributed by atoms with van der Waals surface area (Å²) in [7, 11) is 1.24. The second-order valence-electron chi connectivity index (χ2n) is 7.89. The predicted molar refractivity (Wildman–Crippen MR) is 108 cm³/mol. The number of rotatable bonds is 6. The minimum absolute atomic E-state index is 0.0308. The molecular weight excluding hydrogens is 397 g/mol. The zero-order valence-corrected chi connectivity index (χ0v) is 18.1. The zero-order valence-electron chi connectivity index (χ0n) is 18.1. The zero-order chi connectivity index (χ0) is 22.9. The van der Waals surface area contributed by atoms with Crippen LogP contribution < -0.4 is 0 Å². The van der Waals surface area contributed by atoms with E-state index >= 15 is 0 Å². The Morgan fingerprint density at radius 2 is 1.87 bits per heavy atom. The van der Waals surface area contributed by atoms with Crippen molar-refractivity contribution in [1.82, 2.24) is 9.55 Å². The SMILES string of the molecule is C=C(OCC)c1cccc(Cn2c(C(C)(C)C)nc(C(=O)OC)c2C)c1C(F)(F)F. The second-order valence-corrected chi connectivity index (χ2v) is 7.89. The molecule has 1 aromatic carbocycles. The lowest BCUT2D eigenvalue weighted by atomic mass is 9.95. The maximum absolute atomic E-state index is 14.0. The molecule has 164 valence electrons. The van der Waals surface area contributed by atoms with Gasteiger partial charge >= 0.3 is 12.1 Å². The fraction of sp³-hybridized carbons (Fsp3) is 0.455. The van der Waals surface area contributed by atoms with Gasteiger partial charge in [0.2, 0.25) is 0 Å². The fourth-order valence-electron chi connectivity index (χ4n) is 3.31. The predicted octanol–water partition coefficient (Wildman–Crippen LogP) is 5.35. The Hall–Kier alpha value is -2.77. The summed E-state index contributed by atoms with van der Waals surface area (Å²) in [6.07, 6.45) is -4.62. The van der Waals surface area contributed by atoms with Crippen molar-refractivity contribution >= 4 is 11.7 Å². The minimum atomic E-state index is -4.62. The highest BCUT2D eigenvalue weighted by molar-refractivity contribution is 5.88. The second kappa shape index (κ2) is 8.53. The first kappa shape index (κ1) is 23.5. The number of esters is 1. The number of aromatic nitrogens is 2. The summed E-state index contributed by atoms with van der Waals surface area (Å²) >= 11 is 0. The molecule has 0 N–H and O–H groups in total. The average Bonchev–Trinajstić information content (AvgIpc) is 2.97. The van der Waals surface area contributed by atoms with E-state index in [1.165, 1.54) is 25.3 Å². The molecule has 8 heteroatoms. The normalized spacial score (nSPS) is 12.0. The van der Waals surface area contributed by atoms with Crippen molar-refractivity contribution in [1.29, 1.82) is 0 Å². The molecule has 0 bridgehead atoms. The summed E-state index contributed by atoms with van der Waals surface area (Å²) in [4.78, 5) is 16.5. The largest absolute Gasteiger partial charge is 0.494 e. The van der Waals surface area contributed by atoms with Crippen molar-refractivity contribution in [2.45, 2.75) is 52.8 Å². The molecule has 0 atom stereocenters. The topological polar surface area (TPSA) is 53.4 Å². The highest BCUT2D eigenvalue weighted by Crippen LogP contribution is 2.38. The first-order valence-electron chi connectivity index (χ1n) is 9.50. The fourth-order valence-corrected chi connectivity index (χ4v) is 3.31. The number of benzene rings is 1. The number of hydrogen-bond acceptors (Lipinski definition) is 4. The van der Waals surface area contributed by atoms with Gasteiger partial charge in [-0.05, 0) is 19.4 Å². The van der Waals surface area contributed by atoms with Crippen LogP contribution in [0.3, 0.4) is 0 Å². The van der Waals surface area contributed by atoms with Gasteiger partial charge in [-0.25, -0.2) is 9.78 Å². The maximum Gasteiger partial charge on any atom is 0.417 e. The number of carbonyl (C=O) groups is 1. The molecule has 2 aromatic rings. The van der Waals surface area contributed by atoms with Gasteiger partial charge in [-0.1, -0.05) is 45.5 Å². The molecule has 0 spiro atoms. The molecule has 0 saturated carbocycles. The first-order valence-corrected chi connectivity index (χ1v) is 9.50. The van der Waals surface area contributed by atoms with Crippen LogP contribution in [0, 0.1) is 6.92 Å². The van der Waals surface area contributed by atoms with Crippen LogP contribution in [0.25, 0.3) is 5.76 Å². The number of alkyl halides is 3. The van der Waals surface area contributed by atoms with Gasteiger partial charge in [0.05, 0.1) is 19.3 Å². The van der Waals surface area contributed by atoms with Crippen LogP contribution >= 0.6 is 0 Å². The highest BCUT2D eigenvalue weighted by atomic mass is 19.4. The van der Waals surface area contributed by atoms with Crippen LogP contribution in [0.1, 0.15) is 66.4 Å². The van der Waals surface area contributed by atoms with E-state index in [1.807, 2.05) is 20.8 Å². The lowest BCUT2D eigenvalue weighted by molar-refractivity contribution is -0.138. The molecule has 0 unspecified atom stereocenters. The van der Waals surface area contributed by atoms with Crippen LogP contribution in [0.2, 0.25) is 0 Å². The van der Waals surface area contributed by atoms with Crippen molar-refractivity contribution in [2.24, 2.45) is 0 Å². The average molecular weight is 424 g/mol. The summed E-state index contributed by atoms with van der Waals surface area (Å²) in [5, 5.41) is 0. The molecule has 0 fully saturated rings. The van der Waals surface area contributed by atoms with Gasteiger partial charge in [-0.2, -0.15) is 13.2 Å². The van der Waals surface area contributed by atoms with Crippen molar-refractivity contribution in [2.75, 3.05) is 13.7 Å². The molecule has 2 rings (SSSR count). The number of nitrogens with zero attached hydrogens (tertiary/aromatic N) is 2. The van der Waals surface area contributed by atoms with Gasteiger partial charge in [0.1, 0.15) is 11.6 Å². The number of imidazole rings is 1. The summed E-state index contributed by atoms with van der Waals surface area (Å²) < 4.78 is 53.8. The van der Waals surface area contributed by atoms with Crippen LogP contribution in [0.15, 0.2) is 24.8 Å². The lowest BCUT2D eigenvalue weighted by Crippen LogP contribution is -2.22. The van der Waals surface area contributed by atoms with Crippen molar-refractivity contribution < 1.29 is 27.4 Å². The van der Waals surface area contributed by atoms with Crippen LogP contribution in [-0.4, -0.2) is 29.2 Å². The molecule has 0 aliphatic heterocycles. The van der Waals surface area contributed by atoms with E-state index in [-0.39, 0.29) is 35.7 Å². The monoisotopic (exact) mass is 424 g/mol. The van der Waals surface area contributed by atoms with Crippen molar-refractivity contribution in [3.63, 3.8) is 0 Å². The lowest BCUT2D eigenvalue weighted by Gasteiger charge is -2.23. The van der Waals surface area contributed by atoms with Gasteiger partial charge in [0.25, 0.3) is 0 Å². The van der Waals surface area contributed by atoms with E-state index in [1.54, 1.807) is 18.4 Å². The molecular formula is C22H27F3N2O3. The van der Waals surface area contributed by atoms with E-state index in [0.717, 1.165) is 0 Å². The molecule has 5 nitrogen and oxygen atoms in total. The molecule has 0 amide bonds. The van der Waals surface area contributed by atoms with Crippen LogP contribution in [0.5, 0.6) is 0 Å². The van der Waals surface area contributed by atoms with Gasteiger partial charge in [-0.15, -0.1) is 0 Å². The Labute approximate surface area is 174 Å². The van der Waals surface area contributed by atoms with E-state index in [9.17, 15) is 18.0 Å². The summed E-state index contributed by atoms with van der Waals surface area (Å²) in [6, 6.07) is 4.29. The van der Waals surface area contributed by atoms with Crippen LogP contribution in [-0.2, 0) is 27.6 Å². The number of hydrogen-bond donors (Lipinski definition) is 0. The molecule has 1 heterocycles. The number of methoxy groups -OCH3 is 1. The number of halogens is 3. The van der Waals surface area contributed by atoms with E-state index in [0.29, 0.717) is 11.5 Å². The Balaban J connectivity index is 2.71. The molecule has 0 radical (unpaired) electrons.